The zero-order chi connectivity index (χ0) is 17.2. The summed E-state index contributed by atoms with van der Waals surface area (Å²) in [6, 6.07) is 18.0. The van der Waals surface area contributed by atoms with Crippen molar-refractivity contribution in [3.8, 4) is 0 Å². The minimum Gasteiger partial charge on any atom is -0.368 e. The quantitative estimate of drug-likeness (QED) is 0.928. The van der Waals surface area contributed by atoms with E-state index in [0.29, 0.717) is 0 Å². The van der Waals surface area contributed by atoms with E-state index in [1.165, 1.54) is 28.0 Å². The third kappa shape index (κ3) is 3.10. The number of fused-ring (bicyclic) bond motifs is 2. The highest BCUT2D eigenvalue weighted by molar-refractivity contribution is 5.85. The zero-order valence-electron chi connectivity index (χ0n) is 15.2. The number of piperazine rings is 1. The van der Waals surface area contributed by atoms with Crippen molar-refractivity contribution in [3.63, 3.8) is 0 Å². The Kier molecular flexibility index (Phi) is 4.60. The predicted octanol–water partition coefficient (Wildman–Crippen LogP) is 3.44. The van der Waals surface area contributed by atoms with E-state index in [9.17, 15) is 0 Å². The number of hydrogen-bond donors (Lipinski definition) is 1. The van der Waals surface area contributed by atoms with Crippen molar-refractivity contribution in [2.75, 3.05) is 39.8 Å². The summed E-state index contributed by atoms with van der Waals surface area (Å²) in [4.78, 5) is 4.97. The van der Waals surface area contributed by atoms with Crippen molar-refractivity contribution in [2.24, 2.45) is 0 Å². The Morgan fingerprint density at radius 1 is 0.920 bits per heavy atom. The molecule has 0 spiro atoms. The van der Waals surface area contributed by atoms with Gasteiger partial charge in [0, 0.05) is 37.4 Å². The fourth-order valence-electron chi connectivity index (χ4n) is 4.01. The highest BCUT2D eigenvalue weighted by Gasteiger charge is 2.26. The lowest BCUT2D eigenvalue weighted by Gasteiger charge is -2.36. The van der Waals surface area contributed by atoms with Gasteiger partial charge >= 0.3 is 0 Å². The number of rotatable bonds is 3. The lowest BCUT2D eigenvalue weighted by atomic mass is 9.93. The smallest absolute Gasteiger partial charge is 0.0589 e. The van der Waals surface area contributed by atoms with Gasteiger partial charge in [0.15, 0.2) is 0 Å². The maximum absolute atomic E-state index is 3.71. The number of nitrogens with zero attached hydrogens (tertiary/aromatic N) is 2. The van der Waals surface area contributed by atoms with Crippen LogP contribution in [0.1, 0.15) is 35.2 Å². The van der Waals surface area contributed by atoms with E-state index < -0.39 is 0 Å². The summed E-state index contributed by atoms with van der Waals surface area (Å²) in [5.74, 6) is 0. The molecular formula is C22H27N3. The molecule has 2 aromatic rings. The van der Waals surface area contributed by atoms with Gasteiger partial charge in [-0.25, -0.2) is 0 Å². The van der Waals surface area contributed by atoms with Crippen LogP contribution in [0.2, 0.25) is 0 Å². The molecule has 0 aromatic heterocycles. The van der Waals surface area contributed by atoms with Crippen molar-refractivity contribution in [3.05, 3.63) is 70.8 Å². The molecule has 0 radical (unpaired) electrons. The van der Waals surface area contributed by atoms with Gasteiger partial charge in [-0.1, -0.05) is 55.5 Å². The number of benzene rings is 2. The summed E-state index contributed by atoms with van der Waals surface area (Å²) in [5, 5.41) is 3.71. The summed E-state index contributed by atoms with van der Waals surface area (Å²) in [6.07, 6.45) is 2.40. The third-order valence-corrected chi connectivity index (χ3v) is 5.40. The molecule has 1 fully saturated rings. The van der Waals surface area contributed by atoms with Crippen molar-refractivity contribution >= 4 is 11.8 Å². The van der Waals surface area contributed by atoms with Crippen molar-refractivity contribution in [1.82, 2.24) is 15.1 Å². The average molecular weight is 333 g/mol. The third-order valence-electron chi connectivity index (χ3n) is 5.40. The van der Waals surface area contributed by atoms with Crippen molar-refractivity contribution < 1.29 is 0 Å². The van der Waals surface area contributed by atoms with E-state index in [0.717, 1.165) is 32.7 Å². The molecular weight excluding hydrogens is 306 g/mol. The number of nitrogens with one attached hydrogen (secondary N) is 1. The first-order chi connectivity index (χ1) is 12.3. The Morgan fingerprint density at radius 2 is 1.60 bits per heavy atom. The van der Waals surface area contributed by atoms with Crippen LogP contribution in [0, 0.1) is 0 Å². The number of likely N-dealkylation sites (N-methyl/N-ethyl adjacent to an activating group) is 1. The fourth-order valence-corrected chi connectivity index (χ4v) is 4.01. The van der Waals surface area contributed by atoms with Gasteiger partial charge in [0.1, 0.15) is 0 Å². The Labute approximate surface area is 151 Å². The van der Waals surface area contributed by atoms with Crippen LogP contribution < -0.4 is 5.32 Å². The van der Waals surface area contributed by atoms with Gasteiger partial charge in [-0.2, -0.15) is 0 Å². The van der Waals surface area contributed by atoms with Gasteiger partial charge < -0.3 is 15.1 Å². The first-order valence-electron chi connectivity index (χ1n) is 9.34. The van der Waals surface area contributed by atoms with Crippen molar-refractivity contribution in [2.45, 2.75) is 13.0 Å². The Balaban J connectivity index is 1.86. The average Bonchev–Trinajstić information content (AvgIpc) is 2.79. The normalized spacial score (nSPS) is 20.5. The van der Waals surface area contributed by atoms with Gasteiger partial charge in [0.25, 0.3) is 0 Å². The van der Waals surface area contributed by atoms with Crippen LogP contribution in [0.3, 0.4) is 0 Å². The minimum atomic E-state index is 0.249. The predicted molar refractivity (Wildman–Crippen MR) is 105 cm³/mol. The molecule has 3 nitrogen and oxygen atoms in total. The fraction of sp³-hybridized carbons (Fsp3) is 0.364. The Morgan fingerprint density at radius 3 is 2.36 bits per heavy atom. The van der Waals surface area contributed by atoms with E-state index in [4.69, 9.17) is 0 Å². The highest BCUT2D eigenvalue weighted by Crippen LogP contribution is 2.37. The summed E-state index contributed by atoms with van der Waals surface area (Å²) < 4.78 is 0. The van der Waals surface area contributed by atoms with Crippen LogP contribution in [-0.2, 0) is 0 Å². The molecule has 2 aromatic carbocycles. The van der Waals surface area contributed by atoms with Gasteiger partial charge in [-0.3, -0.25) is 0 Å². The summed E-state index contributed by atoms with van der Waals surface area (Å²) in [7, 11) is 2.21. The molecule has 1 unspecified atom stereocenters. The monoisotopic (exact) mass is 333 g/mol. The summed E-state index contributed by atoms with van der Waals surface area (Å²) in [5.41, 5.74) is 6.84. The van der Waals surface area contributed by atoms with Crippen LogP contribution in [-0.4, -0.2) is 49.6 Å². The first kappa shape index (κ1) is 16.4. The molecule has 0 bridgehead atoms. The second-order valence-corrected chi connectivity index (χ2v) is 7.03. The second-order valence-electron chi connectivity index (χ2n) is 7.03. The molecule has 1 aliphatic heterocycles. The van der Waals surface area contributed by atoms with Crippen LogP contribution in [0.25, 0.3) is 11.8 Å². The Bertz CT molecular complexity index is 772. The van der Waals surface area contributed by atoms with Crippen LogP contribution in [0.5, 0.6) is 0 Å². The minimum absolute atomic E-state index is 0.249. The van der Waals surface area contributed by atoms with Gasteiger partial charge in [0.05, 0.1) is 6.04 Å². The maximum Gasteiger partial charge on any atom is 0.0589 e. The molecule has 25 heavy (non-hydrogen) atoms. The first-order valence-corrected chi connectivity index (χ1v) is 9.34. The molecule has 1 heterocycles. The van der Waals surface area contributed by atoms with E-state index in [1.807, 2.05) is 0 Å². The molecule has 1 aliphatic carbocycles. The van der Waals surface area contributed by atoms with E-state index >= 15 is 0 Å². The van der Waals surface area contributed by atoms with Crippen LogP contribution in [0.4, 0.5) is 0 Å². The molecule has 0 amide bonds. The Hall–Kier alpha value is -2.10. The largest absolute Gasteiger partial charge is 0.368 e. The topological polar surface area (TPSA) is 18.5 Å². The molecule has 130 valence electrons. The standard InChI is InChI=1S/C22H27N3/c1-3-23-22-18-9-5-4-8-17(18)16-21(19-10-6-7-11-20(19)22)25-14-12-24(2)13-15-25/h4-11,16,22-23H,3,12-15H2,1-2H3. The molecule has 0 saturated carbocycles. The van der Waals surface area contributed by atoms with Gasteiger partial charge in [-0.15, -0.1) is 0 Å². The maximum atomic E-state index is 3.71. The van der Waals surface area contributed by atoms with E-state index in [-0.39, 0.29) is 6.04 Å². The molecule has 2 aliphatic rings. The summed E-state index contributed by atoms with van der Waals surface area (Å²) >= 11 is 0. The van der Waals surface area contributed by atoms with E-state index in [1.54, 1.807) is 0 Å². The van der Waals surface area contributed by atoms with Crippen LogP contribution in [0.15, 0.2) is 48.5 Å². The molecule has 3 heteroatoms. The molecule has 1 atom stereocenters. The lowest BCUT2D eigenvalue weighted by Crippen LogP contribution is -2.43. The van der Waals surface area contributed by atoms with Gasteiger partial charge in [-0.05, 0) is 36.4 Å². The lowest BCUT2D eigenvalue weighted by molar-refractivity contribution is 0.208. The highest BCUT2D eigenvalue weighted by atomic mass is 15.3. The molecule has 1 N–H and O–H groups in total. The van der Waals surface area contributed by atoms with Crippen molar-refractivity contribution in [1.29, 1.82) is 0 Å². The van der Waals surface area contributed by atoms with E-state index in [2.05, 4.69) is 83.7 Å². The van der Waals surface area contributed by atoms with Crippen LogP contribution >= 0.6 is 0 Å². The second kappa shape index (κ2) is 7.03. The zero-order valence-corrected chi connectivity index (χ0v) is 15.2. The number of hydrogen-bond acceptors (Lipinski definition) is 3. The van der Waals surface area contributed by atoms with Gasteiger partial charge in [0.2, 0.25) is 0 Å². The SMILES string of the molecule is CCNC1c2ccccc2C=C(N2CCN(C)CC2)c2ccccc21. The molecule has 4 rings (SSSR count). The molecule has 1 saturated heterocycles. The summed E-state index contributed by atoms with van der Waals surface area (Å²) in [6.45, 7) is 7.56.